The summed E-state index contributed by atoms with van der Waals surface area (Å²) in [5.74, 6) is -0.414. The molecule has 0 fully saturated rings. The van der Waals surface area contributed by atoms with E-state index in [9.17, 15) is 9.59 Å². The van der Waals surface area contributed by atoms with Crippen molar-refractivity contribution in [3.05, 3.63) is 167 Å². The van der Waals surface area contributed by atoms with Gasteiger partial charge in [0.25, 0.3) is 0 Å². The van der Waals surface area contributed by atoms with Crippen molar-refractivity contribution in [3.63, 3.8) is 0 Å². The molecular weight excluding hydrogens is 538 g/mol. The average Bonchev–Trinajstić information content (AvgIpc) is 3.30. The third kappa shape index (κ3) is 3.90. The topological polar surface area (TPSA) is 37.4 Å². The van der Waals surface area contributed by atoms with Crippen molar-refractivity contribution in [1.29, 1.82) is 0 Å². The second-order valence-corrected chi connectivity index (χ2v) is 12.1. The number of benzene rings is 6. The van der Waals surface area contributed by atoms with Gasteiger partial charge in [0.1, 0.15) is 0 Å². The Bertz CT molecular complexity index is 2140. The molecule has 0 saturated carbocycles. The van der Waals surface area contributed by atoms with Crippen LogP contribution in [0.2, 0.25) is 0 Å². The van der Waals surface area contributed by atoms with Gasteiger partial charge in [0.2, 0.25) is 0 Å². The molecule has 0 bridgehead atoms. The van der Waals surface area contributed by atoms with E-state index in [1.165, 1.54) is 27.9 Å². The molecule has 210 valence electrons. The predicted octanol–water partition coefficient (Wildman–Crippen LogP) is 10.1. The molecule has 3 heteroatoms. The first-order valence-corrected chi connectivity index (χ1v) is 14.9. The summed E-state index contributed by atoms with van der Waals surface area (Å²) >= 11 is 0. The van der Waals surface area contributed by atoms with E-state index in [-0.39, 0.29) is 22.6 Å². The first kappa shape index (κ1) is 26.1. The minimum atomic E-state index is -0.306. The Labute approximate surface area is 256 Å². The number of carbonyl (C=O) groups is 2. The highest BCUT2D eigenvalue weighted by atomic mass is 16.2. The quantitative estimate of drug-likeness (QED) is 0.158. The van der Waals surface area contributed by atoms with Gasteiger partial charge in [-0.1, -0.05) is 111 Å². The number of anilines is 3. The van der Waals surface area contributed by atoms with Crippen molar-refractivity contribution in [1.82, 2.24) is 0 Å². The van der Waals surface area contributed by atoms with Crippen molar-refractivity contribution < 1.29 is 9.59 Å². The molecule has 0 atom stereocenters. The molecule has 2 aliphatic rings. The lowest BCUT2D eigenvalue weighted by molar-refractivity contribution is 0.0990. The zero-order chi connectivity index (χ0) is 30.0. The standard InChI is InChI=1S/C41H29NO2/c1-41(2)35-25-28(27-11-5-3-6-12-27)18-21-36(35)42(30-13-7-4-8-14-30)37-22-19-29-23-26(17-20-31(29)38(37)41)24-34-39(43)32-15-9-10-16-33(32)40(34)44/h3-25H,1-2H3. The Morgan fingerprint density at radius 3 is 1.93 bits per heavy atom. The first-order chi connectivity index (χ1) is 21.4. The van der Waals surface area contributed by atoms with Crippen molar-refractivity contribution in [2.24, 2.45) is 0 Å². The van der Waals surface area contributed by atoms with Gasteiger partial charge < -0.3 is 4.90 Å². The fourth-order valence-electron chi connectivity index (χ4n) is 7.00. The van der Waals surface area contributed by atoms with Crippen LogP contribution in [0, 0.1) is 0 Å². The van der Waals surface area contributed by atoms with E-state index in [4.69, 9.17) is 0 Å². The number of carbonyl (C=O) groups excluding carboxylic acids is 2. The van der Waals surface area contributed by atoms with Gasteiger partial charge in [-0.05, 0) is 81.1 Å². The molecular formula is C41H29NO2. The number of rotatable bonds is 3. The molecule has 0 radical (unpaired) electrons. The molecule has 3 nitrogen and oxygen atoms in total. The number of hydrogen-bond acceptors (Lipinski definition) is 3. The third-order valence-electron chi connectivity index (χ3n) is 9.14. The van der Waals surface area contributed by atoms with Crippen molar-refractivity contribution in [3.8, 4) is 11.1 Å². The first-order valence-electron chi connectivity index (χ1n) is 14.9. The molecule has 1 heterocycles. The average molecular weight is 568 g/mol. The van der Waals surface area contributed by atoms with Gasteiger partial charge in [-0.25, -0.2) is 0 Å². The lowest BCUT2D eigenvalue weighted by Gasteiger charge is -2.43. The fraction of sp³-hybridized carbons (Fsp3) is 0.0732. The Kier molecular flexibility index (Phi) is 5.79. The van der Waals surface area contributed by atoms with E-state index in [2.05, 4.69) is 110 Å². The minimum Gasteiger partial charge on any atom is -0.310 e. The van der Waals surface area contributed by atoms with Gasteiger partial charge in [0.15, 0.2) is 11.6 Å². The predicted molar refractivity (Wildman–Crippen MR) is 179 cm³/mol. The van der Waals surface area contributed by atoms with Crippen molar-refractivity contribution >= 4 is 45.5 Å². The van der Waals surface area contributed by atoms with Crippen LogP contribution in [0.5, 0.6) is 0 Å². The molecule has 0 amide bonds. The van der Waals surface area contributed by atoms with Gasteiger partial charge in [-0.3, -0.25) is 9.59 Å². The summed E-state index contributed by atoms with van der Waals surface area (Å²) in [6.07, 6.45) is 1.74. The zero-order valence-corrected chi connectivity index (χ0v) is 24.5. The smallest absolute Gasteiger partial charge is 0.197 e. The largest absolute Gasteiger partial charge is 0.310 e. The SMILES string of the molecule is CC1(C)c2cc(-c3ccccc3)ccc2N(c2ccccc2)c2ccc3cc(C=C4C(=O)c5ccccc5C4=O)ccc3c21. The summed E-state index contributed by atoms with van der Waals surface area (Å²) in [6, 6.07) is 45.5. The second-order valence-electron chi connectivity index (χ2n) is 12.1. The van der Waals surface area contributed by atoms with Gasteiger partial charge in [0.05, 0.1) is 16.9 Å². The monoisotopic (exact) mass is 567 g/mol. The maximum atomic E-state index is 13.1. The van der Waals surface area contributed by atoms with Crippen LogP contribution in [0.3, 0.4) is 0 Å². The zero-order valence-electron chi connectivity index (χ0n) is 24.5. The van der Waals surface area contributed by atoms with Crippen molar-refractivity contribution in [2.45, 2.75) is 19.3 Å². The maximum Gasteiger partial charge on any atom is 0.197 e. The van der Waals surface area contributed by atoms with Crippen LogP contribution in [0.4, 0.5) is 17.1 Å². The number of hydrogen-bond donors (Lipinski definition) is 0. The van der Waals surface area contributed by atoms with E-state index < -0.39 is 0 Å². The third-order valence-corrected chi connectivity index (χ3v) is 9.14. The molecule has 0 unspecified atom stereocenters. The molecule has 1 aliphatic heterocycles. The molecule has 6 aromatic rings. The molecule has 0 N–H and O–H groups in total. The summed E-state index contributed by atoms with van der Waals surface area (Å²) in [4.78, 5) is 28.5. The Hall–Kier alpha value is -5.54. The van der Waals surface area contributed by atoms with Crippen LogP contribution in [0.1, 0.15) is 51.3 Å². The summed E-state index contributed by atoms with van der Waals surface area (Å²) in [5.41, 5.74) is 10.0. The second kappa shape index (κ2) is 9.75. The molecule has 6 aromatic carbocycles. The number of allylic oxidation sites excluding steroid dienone is 1. The highest BCUT2D eigenvalue weighted by molar-refractivity contribution is 6.41. The maximum absolute atomic E-state index is 13.1. The van der Waals surface area contributed by atoms with Crippen molar-refractivity contribution in [2.75, 3.05) is 4.90 Å². The van der Waals surface area contributed by atoms with Crippen LogP contribution < -0.4 is 4.90 Å². The summed E-state index contributed by atoms with van der Waals surface area (Å²) < 4.78 is 0. The molecule has 8 rings (SSSR count). The molecule has 44 heavy (non-hydrogen) atoms. The van der Waals surface area contributed by atoms with Gasteiger partial charge in [-0.15, -0.1) is 0 Å². The van der Waals surface area contributed by atoms with E-state index in [0.717, 1.165) is 27.7 Å². The van der Waals surface area contributed by atoms with Gasteiger partial charge in [0, 0.05) is 22.2 Å². The van der Waals surface area contributed by atoms with E-state index >= 15 is 0 Å². The Morgan fingerprint density at radius 1 is 0.591 bits per heavy atom. The van der Waals surface area contributed by atoms with E-state index in [0.29, 0.717) is 11.1 Å². The van der Waals surface area contributed by atoms with E-state index in [1.54, 1.807) is 30.3 Å². The number of Topliss-reactive ketones (excluding diaryl/α,β-unsaturated/α-hetero) is 2. The molecule has 0 saturated heterocycles. The minimum absolute atomic E-state index is 0.207. The lowest BCUT2D eigenvalue weighted by Crippen LogP contribution is -2.31. The van der Waals surface area contributed by atoms with Gasteiger partial charge >= 0.3 is 0 Å². The Morgan fingerprint density at radius 2 is 1.23 bits per heavy atom. The Balaban J connectivity index is 1.31. The lowest BCUT2D eigenvalue weighted by atomic mass is 9.71. The molecule has 1 aliphatic carbocycles. The molecule has 0 spiro atoms. The van der Waals surface area contributed by atoms with E-state index in [1.807, 2.05) is 18.2 Å². The van der Waals surface area contributed by atoms with Crippen LogP contribution in [-0.4, -0.2) is 11.6 Å². The van der Waals surface area contributed by atoms with Gasteiger partial charge in [-0.2, -0.15) is 0 Å². The van der Waals surface area contributed by atoms with Crippen LogP contribution in [-0.2, 0) is 5.41 Å². The number of para-hydroxylation sites is 1. The van der Waals surface area contributed by atoms with Crippen LogP contribution in [0.15, 0.2) is 139 Å². The fourth-order valence-corrected chi connectivity index (χ4v) is 7.00. The summed E-state index contributed by atoms with van der Waals surface area (Å²) in [7, 11) is 0. The van der Waals surface area contributed by atoms with Crippen LogP contribution >= 0.6 is 0 Å². The molecule has 0 aromatic heterocycles. The normalized spacial score (nSPS) is 14.8. The number of fused-ring (bicyclic) bond motifs is 5. The highest BCUT2D eigenvalue weighted by Crippen LogP contribution is 2.54. The highest BCUT2D eigenvalue weighted by Gasteiger charge is 2.38. The number of nitrogens with zero attached hydrogens (tertiary/aromatic N) is 1. The summed E-state index contributed by atoms with van der Waals surface area (Å²) in [5, 5.41) is 2.22. The summed E-state index contributed by atoms with van der Waals surface area (Å²) in [6.45, 7) is 4.62. The number of ketones is 2. The van der Waals surface area contributed by atoms with Crippen LogP contribution in [0.25, 0.3) is 28.0 Å².